The number of piperidine rings is 1. The Bertz CT molecular complexity index is 1890. The average Bonchev–Trinajstić information content (AvgIpc) is 3.82. The van der Waals surface area contributed by atoms with Crippen molar-refractivity contribution < 1.29 is 9.13 Å². The highest BCUT2D eigenvalue weighted by Crippen LogP contribution is 2.40. The minimum absolute atomic E-state index is 0.000412. The number of nitrogens with one attached hydrogen (secondary N) is 1. The highest BCUT2D eigenvalue weighted by molar-refractivity contribution is 6.01. The van der Waals surface area contributed by atoms with E-state index < -0.39 is 5.82 Å². The lowest BCUT2D eigenvalue weighted by Crippen LogP contribution is -2.43. The number of nitrogens with zero attached hydrogens (tertiary/aromatic N) is 8. The highest BCUT2D eigenvalue weighted by Gasteiger charge is 2.45. The van der Waals surface area contributed by atoms with Crippen molar-refractivity contribution >= 4 is 27.5 Å². The fourth-order valence-corrected chi connectivity index (χ4v) is 7.61. The van der Waals surface area contributed by atoms with E-state index in [0.29, 0.717) is 40.9 Å². The number of aromatic nitrogens is 6. The molecule has 2 aromatic carbocycles. The summed E-state index contributed by atoms with van der Waals surface area (Å²) in [5, 5.41) is 18.9. The van der Waals surface area contributed by atoms with Gasteiger partial charge in [0, 0.05) is 36.2 Å². The Kier molecular flexibility index (Phi) is 6.60. The van der Waals surface area contributed by atoms with Gasteiger partial charge in [0.1, 0.15) is 35.8 Å². The largest absolute Gasteiger partial charge is 0.461 e. The van der Waals surface area contributed by atoms with Gasteiger partial charge in [-0.25, -0.2) is 9.37 Å². The molecular formula is C33H32FN9O. The van der Waals surface area contributed by atoms with Crippen LogP contribution in [0.15, 0.2) is 48.9 Å². The van der Waals surface area contributed by atoms with Crippen LogP contribution >= 0.6 is 0 Å². The van der Waals surface area contributed by atoms with Gasteiger partial charge in [-0.1, -0.05) is 30.3 Å². The third-order valence-corrected chi connectivity index (χ3v) is 9.75. The molecular weight excluding hydrogens is 557 g/mol. The molecule has 3 aliphatic heterocycles. The van der Waals surface area contributed by atoms with Crippen LogP contribution in [-0.2, 0) is 0 Å². The smallest absolute Gasteiger partial charge is 0.319 e. The van der Waals surface area contributed by atoms with E-state index in [2.05, 4.69) is 36.0 Å². The summed E-state index contributed by atoms with van der Waals surface area (Å²) in [6.45, 7) is 4.06. The maximum atomic E-state index is 16.8. The SMILES string of the molecule is N#Cc1cccc2cccc(-c3ncc4c(N5CCCC(c6ncn[nH]6)C5)nc(OCC56CCCN5CCC6)nc4c3F)c12. The standard InChI is InChI=1S/C33H32FN9O/c34-27-28(24-10-2-7-21-6-1-8-22(16-35)26(21)24)36-17-25-29(27)39-32(44-19-33-11-4-14-43(33)15-5-12-33)40-31(25)42-13-3-9-23(18-42)30-37-20-38-41-30/h1-2,6-8,10,17,20,23H,3-5,9,11-15,18-19H2,(H,37,38,41). The number of hydrogen-bond acceptors (Lipinski definition) is 9. The molecule has 0 amide bonds. The number of halogens is 1. The van der Waals surface area contributed by atoms with Gasteiger partial charge in [-0.05, 0) is 63.1 Å². The van der Waals surface area contributed by atoms with Crippen LogP contribution in [0.5, 0.6) is 6.01 Å². The molecule has 8 rings (SSSR count). The predicted octanol–water partition coefficient (Wildman–Crippen LogP) is 5.37. The van der Waals surface area contributed by atoms with Crippen molar-refractivity contribution in [2.45, 2.75) is 50.0 Å². The maximum Gasteiger partial charge on any atom is 0.319 e. The Morgan fingerprint density at radius 2 is 1.89 bits per heavy atom. The summed E-state index contributed by atoms with van der Waals surface area (Å²) in [6, 6.07) is 13.5. The van der Waals surface area contributed by atoms with E-state index in [4.69, 9.17) is 14.7 Å². The van der Waals surface area contributed by atoms with Crippen molar-refractivity contribution in [1.82, 2.24) is 35.0 Å². The zero-order valence-electron chi connectivity index (χ0n) is 24.3. The summed E-state index contributed by atoms with van der Waals surface area (Å²) in [4.78, 5) is 23.3. The maximum absolute atomic E-state index is 16.8. The van der Waals surface area contributed by atoms with Crippen LogP contribution in [0.25, 0.3) is 32.9 Å². The number of aromatic amines is 1. The molecule has 3 saturated heterocycles. The zero-order valence-corrected chi connectivity index (χ0v) is 24.3. The Morgan fingerprint density at radius 3 is 2.68 bits per heavy atom. The second-order valence-corrected chi connectivity index (χ2v) is 12.2. The van der Waals surface area contributed by atoms with Gasteiger partial charge < -0.3 is 9.64 Å². The van der Waals surface area contributed by atoms with Gasteiger partial charge in [0.15, 0.2) is 5.82 Å². The molecule has 0 bridgehead atoms. The molecule has 0 spiro atoms. The number of H-pyrrole nitrogens is 1. The molecule has 3 aliphatic rings. The van der Waals surface area contributed by atoms with E-state index in [9.17, 15) is 5.26 Å². The average molecular weight is 590 g/mol. The summed E-state index contributed by atoms with van der Waals surface area (Å²) in [5.41, 5.74) is 1.33. The van der Waals surface area contributed by atoms with Gasteiger partial charge in [0.2, 0.25) is 0 Å². The van der Waals surface area contributed by atoms with Crippen LogP contribution < -0.4 is 9.64 Å². The van der Waals surface area contributed by atoms with Crippen LogP contribution in [0.3, 0.4) is 0 Å². The number of pyridine rings is 1. The molecule has 5 aromatic rings. The molecule has 3 aromatic heterocycles. The van der Waals surface area contributed by atoms with Gasteiger partial charge in [-0.3, -0.25) is 15.0 Å². The first-order valence-corrected chi connectivity index (χ1v) is 15.4. The van der Waals surface area contributed by atoms with E-state index in [0.717, 1.165) is 69.4 Å². The minimum Gasteiger partial charge on any atom is -0.461 e. The van der Waals surface area contributed by atoms with Crippen molar-refractivity contribution in [2.75, 3.05) is 37.7 Å². The molecule has 11 heteroatoms. The van der Waals surface area contributed by atoms with E-state index in [1.165, 1.54) is 6.33 Å². The number of nitriles is 1. The van der Waals surface area contributed by atoms with Crippen molar-refractivity contribution in [3.05, 3.63) is 66.1 Å². The Balaban J connectivity index is 1.25. The fraction of sp³-hybridized carbons (Fsp3) is 0.394. The molecule has 1 atom stereocenters. The molecule has 0 saturated carbocycles. The molecule has 1 N–H and O–H groups in total. The number of ether oxygens (including phenoxy) is 1. The summed E-state index contributed by atoms with van der Waals surface area (Å²) in [6.07, 6.45) is 9.56. The van der Waals surface area contributed by atoms with Gasteiger partial charge in [-0.2, -0.15) is 20.3 Å². The van der Waals surface area contributed by atoms with Gasteiger partial charge in [0.05, 0.1) is 22.6 Å². The van der Waals surface area contributed by atoms with E-state index in [1.807, 2.05) is 24.3 Å². The summed E-state index contributed by atoms with van der Waals surface area (Å²) in [5.74, 6) is 1.03. The van der Waals surface area contributed by atoms with Gasteiger partial charge in [-0.15, -0.1) is 0 Å². The second-order valence-electron chi connectivity index (χ2n) is 12.2. The zero-order chi connectivity index (χ0) is 29.7. The van der Waals surface area contributed by atoms with Crippen LogP contribution in [0.2, 0.25) is 0 Å². The Morgan fingerprint density at radius 1 is 1.05 bits per heavy atom. The highest BCUT2D eigenvalue weighted by atomic mass is 19.1. The number of hydrogen-bond donors (Lipinski definition) is 1. The molecule has 10 nitrogen and oxygen atoms in total. The summed E-state index contributed by atoms with van der Waals surface area (Å²) in [7, 11) is 0. The van der Waals surface area contributed by atoms with Crippen LogP contribution in [0.1, 0.15) is 55.8 Å². The summed E-state index contributed by atoms with van der Waals surface area (Å²) < 4.78 is 23.2. The Labute approximate surface area is 253 Å². The molecule has 44 heavy (non-hydrogen) atoms. The third kappa shape index (κ3) is 4.44. The topological polar surface area (TPSA) is 120 Å². The lowest BCUT2D eigenvalue weighted by Gasteiger charge is -2.34. The van der Waals surface area contributed by atoms with E-state index in [-0.39, 0.29) is 28.7 Å². The molecule has 0 radical (unpaired) electrons. The minimum atomic E-state index is -0.554. The van der Waals surface area contributed by atoms with E-state index in [1.54, 1.807) is 18.3 Å². The van der Waals surface area contributed by atoms with Gasteiger partial charge >= 0.3 is 6.01 Å². The van der Waals surface area contributed by atoms with Crippen LogP contribution in [-0.4, -0.2) is 73.4 Å². The normalized spacial score (nSPS) is 19.8. The predicted molar refractivity (Wildman–Crippen MR) is 164 cm³/mol. The first kappa shape index (κ1) is 26.9. The van der Waals surface area contributed by atoms with Crippen molar-refractivity contribution in [3.63, 3.8) is 0 Å². The molecule has 3 fully saturated rings. The fourth-order valence-electron chi connectivity index (χ4n) is 7.61. The number of rotatable bonds is 6. The van der Waals surface area contributed by atoms with Crippen molar-refractivity contribution in [2.24, 2.45) is 0 Å². The quantitative estimate of drug-likeness (QED) is 0.279. The first-order valence-electron chi connectivity index (χ1n) is 15.4. The number of benzene rings is 2. The van der Waals surface area contributed by atoms with Crippen molar-refractivity contribution in [1.29, 1.82) is 5.26 Å². The number of anilines is 1. The third-order valence-electron chi connectivity index (χ3n) is 9.75. The van der Waals surface area contributed by atoms with Crippen LogP contribution in [0, 0.1) is 17.1 Å². The number of fused-ring (bicyclic) bond motifs is 3. The monoisotopic (exact) mass is 589 g/mol. The molecule has 0 aliphatic carbocycles. The Hall–Kier alpha value is -4.69. The second kappa shape index (κ2) is 10.8. The summed E-state index contributed by atoms with van der Waals surface area (Å²) >= 11 is 0. The van der Waals surface area contributed by atoms with Gasteiger partial charge in [0.25, 0.3) is 0 Å². The lowest BCUT2D eigenvalue weighted by atomic mass is 9.95. The van der Waals surface area contributed by atoms with Crippen LogP contribution in [0.4, 0.5) is 10.2 Å². The van der Waals surface area contributed by atoms with E-state index >= 15 is 4.39 Å². The van der Waals surface area contributed by atoms with Crippen molar-refractivity contribution in [3.8, 4) is 23.3 Å². The first-order chi connectivity index (χ1) is 21.6. The molecule has 222 valence electrons. The lowest BCUT2D eigenvalue weighted by molar-refractivity contribution is 0.108. The molecule has 1 unspecified atom stereocenters. The molecule has 6 heterocycles.